The van der Waals surface area contributed by atoms with Crippen molar-refractivity contribution >= 4 is 5.91 Å². The van der Waals surface area contributed by atoms with E-state index in [1.807, 2.05) is 11.8 Å². The normalized spacial score (nSPS) is 17.4. The number of carbonyl (C=O) groups is 1. The van der Waals surface area contributed by atoms with Crippen molar-refractivity contribution < 1.29 is 13.7 Å². The van der Waals surface area contributed by atoms with Crippen LogP contribution in [-0.4, -0.2) is 34.0 Å². The van der Waals surface area contributed by atoms with Gasteiger partial charge in [-0.05, 0) is 32.3 Å². The van der Waals surface area contributed by atoms with E-state index in [4.69, 9.17) is 8.94 Å². The lowest BCUT2D eigenvalue weighted by molar-refractivity contribution is 0.0702. The lowest BCUT2D eigenvalue weighted by Gasteiger charge is -2.30. The molecule has 6 nitrogen and oxygen atoms in total. The number of amides is 1. The number of carbonyl (C=O) groups excluding carboxylic acids is 1. The Morgan fingerprint density at radius 1 is 1.43 bits per heavy atom. The second-order valence-corrected chi connectivity index (χ2v) is 6.26. The Hall–Kier alpha value is -2.11. The molecular weight excluding hydrogens is 294 g/mol. The van der Waals surface area contributed by atoms with Crippen molar-refractivity contribution in [3.63, 3.8) is 0 Å². The first kappa shape index (κ1) is 15.8. The lowest BCUT2D eigenvalue weighted by atomic mass is 9.96. The molecule has 3 rings (SSSR count). The molecule has 0 bridgehead atoms. The Morgan fingerprint density at radius 3 is 2.78 bits per heavy atom. The van der Waals surface area contributed by atoms with Gasteiger partial charge in [0.1, 0.15) is 5.76 Å². The van der Waals surface area contributed by atoms with E-state index < -0.39 is 0 Å². The fourth-order valence-corrected chi connectivity index (χ4v) is 2.90. The molecule has 0 aromatic carbocycles. The molecule has 1 amide bonds. The summed E-state index contributed by atoms with van der Waals surface area (Å²) in [7, 11) is 0. The first-order chi connectivity index (χ1) is 11.1. The average molecular weight is 317 g/mol. The summed E-state index contributed by atoms with van der Waals surface area (Å²) >= 11 is 0. The molecule has 6 heteroatoms. The second-order valence-electron chi connectivity index (χ2n) is 6.26. The van der Waals surface area contributed by atoms with Gasteiger partial charge in [-0.1, -0.05) is 19.0 Å². The molecule has 0 N–H and O–H groups in total. The van der Waals surface area contributed by atoms with Crippen LogP contribution in [0, 0.1) is 6.92 Å². The van der Waals surface area contributed by atoms with Crippen molar-refractivity contribution in [2.75, 3.05) is 13.1 Å². The number of hydrogen-bond donors (Lipinski definition) is 0. The zero-order valence-corrected chi connectivity index (χ0v) is 13.9. The summed E-state index contributed by atoms with van der Waals surface area (Å²) in [6.07, 6.45) is 4.26. The van der Waals surface area contributed by atoms with E-state index in [1.165, 1.54) is 0 Å². The number of hydrogen-bond acceptors (Lipinski definition) is 5. The molecule has 1 aliphatic heterocycles. The maximum atomic E-state index is 12.5. The highest BCUT2D eigenvalue weighted by molar-refractivity contribution is 5.95. The summed E-state index contributed by atoms with van der Waals surface area (Å²) in [5.74, 6) is 2.78. The van der Waals surface area contributed by atoms with Gasteiger partial charge in [-0.3, -0.25) is 4.79 Å². The lowest BCUT2D eigenvalue weighted by Crippen LogP contribution is -2.38. The quantitative estimate of drug-likeness (QED) is 0.863. The maximum Gasteiger partial charge on any atom is 0.257 e. The molecule has 23 heavy (non-hydrogen) atoms. The molecule has 0 radical (unpaired) electrons. The molecule has 1 atom stereocenters. The molecule has 1 aliphatic rings. The predicted octanol–water partition coefficient (Wildman–Crippen LogP) is 3.50. The van der Waals surface area contributed by atoms with Gasteiger partial charge in [0, 0.05) is 24.9 Å². The summed E-state index contributed by atoms with van der Waals surface area (Å²) in [5.41, 5.74) is 0.653. The summed E-state index contributed by atoms with van der Waals surface area (Å²) < 4.78 is 10.7. The fraction of sp³-hybridized carbons (Fsp3) is 0.588. The van der Waals surface area contributed by atoms with Crippen LogP contribution >= 0.6 is 0 Å². The highest BCUT2D eigenvalue weighted by Gasteiger charge is 2.29. The molecule has 0 spiro atoms. The number of rotatable bonds is 4. The van der Waals surface area contributed by atoms with Gasteiger partial charge in [0.15, 0.2) is 5.82 Å². The minimum Gasteiger partial charge on any atom is -0.469 e. The Balaban J connectivity index is 1.61. The minimum atomic E-state index is 0.0422. The third-order valence-electron chi connectivity index (χ3n) is 4.73. The maximum absolute atomic E-state index is 12.5. The number of furan rings is 1. The fourth-order valence-electron chi connectivity index (χ4n) is 2.90. The molecule has 2 aromatic heterocycles. The minimum absolute atomic E-state index is 0.0422. The Morgan fingerprint density at radius 2 is 2.17 bits per heavy atom. The molecule has 2 aromatic rings. The average Bonchev–Trinajstić information content (AvgIpc) is 3.23. The van der Waals surface area contributed by atoms with E-state index in [0.29, 0.717) is 36.2 Å². The second kappa shape index (κ2) is 6.56. The van der Waals surface area contributed by atoms with Gasteiger partial charge in [-0.2, -0.15) is 4.98 Å². The third-order valence-corrected chi connectivity index (χ3v) is 4.73. The first-order valence-electron chi connectivity index (χ1n) is 8.27. The molecule has 0 aliphatic carbocycles. The topological polar surface area (TPSA) is 72.4 Å². The van der Waals surface area contributed by atoms with Gasteiger partial charge < -0.3 is 13.8 Å². The summed E-state index contributed by atoms with van der Waals surface area (Å²) in [6.45, 7) is 7.44. The van der Waals surface area contributed by atoms with Crippen molar-refractivity contribution in [1.82, 2.24) is 15.0 Å². The van der Waals surface area contributed by atoms with E-state index in [0.717, 1.165) is 25.1 Å². The largest absolute Gasteiger partial charge is 0.469 e. The van der Waals surface area contributed by atoms with Crippen LogP contribution in [-0.2, 0) is 0 Å². The Bertz CT molecular complexity index is 668. The van der Waals surface area contributed by atoms with Gasteiger partial charge in [0.05, 0.1) is 11.8 Å². The van der Waals surface area contributed by atoms with E-state index in [1.54, 1.807) is 12.3 Å². The molecule has 1 fully saturated rings. The summed E-state index contributed by atoms with van der Waals surface area (Å²) in [6, 6.07) is 1.74. The van der Waals surface area contributed by atoms with Crippen molar-refractivity contribution in [2.45, 2.75) is 51.9 Å². The zero-order valence-electron chi connectivity index (χ0n) is 13.9. The first-order valence-corrected chi connectivity index (χ1v) is 8.27. The van der Waals surface area contributed by atoms with Crippen molar-refractivity contribution in [3.05, 3.63) is 35.4 Å². The SMILES string of the molecule is CC[C@H](C)c1noc(C2CCN(C(=O)c3ccoc3C)CC2)n1. The van der Waals surface area contributed by atoms with Crippen LogP contribution in [0.15, 0.2) is 21.3 Å². The standard InChI is InChI=1S/C17H23N3O3/c1-4-11(2)15-18-16(23-19-15)13-5-8-20(9-6-13)17(21)14-7-10-22-12(14)3/h7,10-11,13H,4-6,8-9H2,1-3H3/t11-/m0/s1. The molecular formula is C17H23N3O3. The Kier molecular flexibility index (Phi) is 4.50. The van der Waals surface area contributed by atoms with Crippen LogP contribution < -0.4 is 0 Å². The van der Waals surface area contributed by atoms with Crippen molar-refractivity contribution in [1.29, 1.82) is 0 Å². The van der Waals surface area contributed by atoms with Gasteiger partial charge in [0.2, 0.25) is 5.89 Å². The van der Waals surface area contributed by atoms with Crippen LogP contribution in [0.1, 0.15) is 72.8 Å². The van der Waals surface area contributed by atoms with Crippen LogP contribution in [0.4, 0.5) is 0 Å². The monoisotopic (exact) mass is 317 g/mol. The zero-order chi connectivity index (χ0) is 16.4. The molecule has 3 heterocycles. The van der Waals surface area contributed by atoms with E-state index in [9.17, 15) is 4.79 Å². The van der Waals surface area contributed by atoms with Gasteiger partial charge in [0.25, 0.3) is 5.91 Å². The van der Waals surface area contributed by atoms with Gasteiger partial charge in [-0.15, -0.1) is 0 Å². The molecule has 0 saturated carbocycles. The van der Waals surface area contributed by atoms with Gasteiger partial charge in [-0.25, -0.2) is 0 Å². The van der Waals surface area contributed by atoms with E-state index >= 15 is 0 Å². The number of aromatic nitrogens is 2. The third kappa shape index (κ3) is 3.16. The van der Waals surface area contributed by atoms with Gasteiger partial charge >= 0.3 is 0 Å². The summed E-state index contributed by atoms with van der Waals surface area (Å²) in [4.78, 5) is 18.9. The number of nitrogens with zero attached hydrogens (tertiary/aromatic N) is 3. The van der Waals surface area contributed by atoms with E-state index in [2.05, 4.69) is 24.0 Å². The van der Waals surface area contributed by atoms with Crippen molar-refractivity contribution in [2.24, 2.45) is 0 Å². The molecule has 0 unspecified atom stereocenters. The molecule has 1 saturated heterocycles. The summed E-state index contributed by atoms with van der Waals surface area (Å²) in [5, 5.41) is 4.09. The highest BCUT2D eigenvalue weighted by Crippen LogP contribution is 2.29. The number of piperidine rings is 1. The van der Waals surface area contributed by atoms with Crippen LogP contribution in [0.2, 0.25) is 0 Å². The smallest absolute Gasteiger partial charge is 0.257 e. The number of aryl methyl sites for hydroxylation is 1. The Labute approximate surface area is 135 Å². The van der Waals surface area contributed by atoms with E-state index in [-0.39, 0.29) is 11.8 Å². The van der Waals surface area contributed by atoms with Crippen molar-refractivity contribution in [3.8, 4) is 0 Å². The highest BCUT2D eigenvalue weighted by atomic mass is 16.5. The molecule has 124 valence electrons. The van der Waals surface area contributed by atoms with Crippen LogP contribution in [0.25, 0.3) is 0 Å². The number of likely N-dealkylation sites (tertiary alicyclic amines) is 1. The van der Waals surface area contributed by atoms with Crippen LogP contribution in [0.3, 0.4) is 0 Å². The predicted molar refractivity (Wildman–Crippen MR) is 84.3 cm³/mol. The van der Waals surface area contributed by atoms with Crippen LogP contribution in [0.5, 0.6) is 0 Å².